The van der Waals surface area contributed by atoms with Crippen molar-refractivity contribution < 1.29 is 9.59 Å². The van der Waals surface area contributed by atoms with Crippen LogP contribution in [0.5, 0.6) is 0 Å². The van der Waals surface area contributed by atoms with Crippen LogP contribution in [-0.4, -0.2) is 54.0 Å². The summed E-state index contributed by atoms with van der Waals surface area (Å²) in [7, 11) is 1.82. The summed E-state index contributed by atoms with van der Waals surface area (Å²) in [5.41, 5.74) is 0.775. The number of hydrogen-bond donors (Lipinski definition) is 1. The van der Waals surface area contributed by atoms with E-state index in [1.807, 2.05) is 41.6 Å². The Morgan fingerprint density at radius 3 is 3.05 bits per heavy atom. The molecule has 3 heterocycles. The van der Waals surface area contributed by atoms with E-state index < -0.39 is 0 Å². The molecule has 2 saturated heterocycles. The second-order valence-corrected chi connectivity index (χ2v) is 6.83. The van der Waals surface area contributed by atoms with Crippen LogP contribution in [0.3, 0.4) is 0 Å². The Morgan fingerprint density at radius 2 is 2.18 bits per heavy atom. The van der Waals surface area contributed by atoms with Crippen LogP contribution >= 0.6 is 11.3 Å². The van der Waals surface area contributed by atoms with E-state index in [0.29, 0.717) is 13.1 Å². The molecule has 2 aliphatic heterocycles. The molecule has 1 N–H and O–H groups in total. The first-order valence-corrected chi connectivity index (χ1v) is 8.32. The highest BCUT2D eigenvalue weighted by Crippen LogP contribution is 2.28. The van der Waals surface area contributed by atoms with Crippen LogP contribution in [0.2, 0.25) is 0 Å². The van der Waals surface area contributed by atoms with Gasteiger partial charge < -0.3 is 15.1 Å². The Bertz CT molecular complexity index is 757. The Balaban J connectivity index is 1.58. The molecule has 2 fully saturated rings. The number of fused-ring (bicyclic) bond motifs is 2. The van der Waals surface area contributed by atoms with Crippen molar-refractivity contribution in [3.8, 4) is 0 Å². The zero-order chi connectivity index (χ0) is 15.3. The minimum Gasteiger partial charge on any atom is -0.336 e. The molecule has 0 radical (unpaired) electrons. The first-order chi connectivity index (χ1) is 10.6. The summed E-state index contributed by atoms with van der Waals surface area (Å²) in [5.74, 6) is 0.0692. The Morgan fingerprint density at radius 1 is 1.36 bits per heavy atom. The van der Waals surface area contributed by atoms with Crippen molar-refractivity contribution >= 4 is 33.4 Å². The van der Waals surface area contributed by atoms with Gasteiger partial charge in [-0.25, -0.2) is 4.79 Å². The summed E-state index contributed by atoms with van der Waals surface area (Å²) < 4.78 is 1.13. The number of carbonyl (C=O) groups excluding carboxylic acids is 2. The standard InChI is InChI=1S/C16H17N3O2S/c1-18-13-6-7-19(8-12(13)17-16(18)21)15(20)11-9-22-14-5-3-2-4-10(11)14/h2-5,9,12-13H,6-8H2,1H3,(H,17,21)/t12-,13+/m1/s1. The number of thiophene rings is 1. The van der Waals surface area contributed by atoms with E-state index in [1.165, 1.54) is 0 Å². The van der Waals surface area contributed by atoms with Crippen LogP contribution in [0.25, 0.3) is 10.1 Å². The summed E-state index contributed by atoms with van der Waals surface area (Å²) in [6.45, 7) is 1.28. The zero-order valence-corrected chi connectivity index (χ0v) is 13.1. The van der Waals surface area contributed by atoms with Gasteiger partial charge in [-0.1, -0.05) is 18.2 Å². The van der Waals surface area contributed by atoms with Crippen molar-refractivity contribution in [3.05, 3.63) is 35.2 Å². The summed E-state index contributed by atoms with van der Waals surface area (Å²) in [6, 6.07) is 8.19. The SMILES string of the molecule is CN1C(=O)N[C@@H]2CN(C(=O)c3csc4ccccc34)CC[C@@H]21. The second kappa shape index (κ2) is 4.98. The van der Waals surface area contributed by atoms with E-state index in [4.69, 9.17) is 0 Å². The van der Waals surface area contributed by atoms with Gasteiger partial charge in [0.1, 0.15) is 0 Å². The van der Waals surface area contributed by atoms with Gasteiger partial charge in [-0.05, 0) is 12.5 Å². The molecule has 0 unspecified atom stereocenters. The smallest absolute Gasteiger partial charge is 0.317 e. The molecule has 2 atom stereocenters. The van der Waals surface area contributed by atoms with Crippen LogP contribution in [0, 0.1) is 0 Å². The van der Waals surface area contributed by atoms with E-state index in [0.717, 1.165) is 22.1 Å². The maximum Gasteiger partial charge on any atom is 0.317 e. The predicted octanol–water partition coefficient (Wildman–Crippen LogP) is 2.14. The number of carbonyl (C=O) groups is 2. The maximum absolute atomic E-state index is 12.8. The molecule has 0 spiro atoms. The number of urea groups is 1. The summed E-state index contributed by atoms with van der Waals surface area (Å²) in [4.78, 5) is 28.2. The van der Waals surface area contributed by atoms with Crippen LogP contribution in [0.1, 0.15) is 16.8 Å². The number of likely N-dealkylation sites (N-methyl/N-ethyl adjacent to an activating group) is 1. The third-order valence-corrected chi connectivity index (χ3v) is 5.67. The van der Waals surface area contributed by atoms with E-state index in [-0.39, 0.29) is 24.0 Å². The van der Waals surface area contributed by atoms with Gasteiger partial charge in [0.05, 0.1) is 17.6 Å². The fraction of sp³-hybridized carbons (Fsp3) is 0.375. The average Bonchev–Trinajstić information content (AvgIpc) is 3.08. The number of benzene rings is 1. The Labute approximate surface area is 132 Å². The molecule has 2 aromatic rings. The third kappa shape index (κ3) is 1.98. The quantitative estimate of drug-likeness (QED) is 0.876. The lowest BCUT2D eigenvalue weighted by atomic mass is 9.99. The number of nitrogens with one attached hydrogen (secondary N) is 1. The molecule has 1 aromatic heterocycles. The highest BCUT2D eigenvalue weighted by Gasteiger charge is 2.41. The van der Waals surface area contributed by atoms with E-state index >= 15 is 0 Å². The third-order valence-electron chi connectivity index (χ3n) is 4.70. The molecule has 2 aliphatic rings. The summed E-state index contributed by atoms with van der Waals surface area (Å²) in [5, 5.41) is 5.93. The van der Waals surface area contributed by atoms with Gasteiger partial charge in [0.25, 0.3) is 5.91 Å². The monoisotopic (exact) mass is 315 g/mol. The summed E-state index contributed by atoms with van der Waals surface area (Å²) in [6.07, 6.45) is 0.827. The first kappa shape index (κ1) is 13.6. The highest BCUT2D eigenvalue weighted by molar-refractivity contribution is 7.17. The van der Waals surface area contributed by atoms with Gasteiger partial charge in [0.2, 0.25) is 0 Å². The molecule has 1 aromatic carbocycles. The molecule has 0 aliphatic carbocycles. The van der Waals surface area contributed by atoms with Crippen molar-refractivity contribution in [3.63, 3.8) is 0 Å². The molecule has 0 saturated carbocycles. The summed E-state index contributed by atoms with van der Waals surface area (Å²) >= 11 is 1.60. The van der Waals surface area contributed by atoms with Crippen LogP contribution in [0.15, 0.2) is 29.6 Å². The molecule has 22 heavy (non-hydrogen) atoms. The number of rotatable bonds is 1. The molecular formula is C16H17N3O2S. The van der Waals surface area contributed by atoms with Crippen molar-refractivity contribution in [1.82, 2.24) is 15.1 Å². The van der Waals surface area contributed by atoms with Crippen molar-refractivity contribution in [1.29, 1.82) is 0 Å². The highest BCUT2D eigenvalue weighted by atomic mass is 32.1. The number of hydrogen-bond acceptors (Lipinski definition) is 3. The van der Waals surface area contributed by atoms with Crippen LogP contribution in [0.4, 0.5) is 4.79 Å². The van der Waals surface area contributed by atoms with Crippen molar-refractivity contribution in [2.45, 2.75) is 18.5 Å². The molecule has 5 nitrogen and oxygen atoms in total. The van der Waals surface area contributed by atoms with Crippen molar-refractivity contribution in [2.75, 3.05) is 20.1 Å². The molecule has 4 rings (SSSR count). The van der Waals surface area contributed by atoms with E-state index in [9.17, 15) is 9.59 Å². The normalized spacial score (nSPS) is 24.5. The number of nitrogens with zero attached hydrogens (tertiary/aromatic N) is 2. The lowest BCUT2D eigenvalue weighted by Gasteiger charge is -2.35. The van der Waals surface area contributed by atoms with Crippen LogP contribution < -0.4 is 5.32 Å². The van der Waals surface area contributed by atoms with Gasteiger partial charge >= 0.3 is 6.03 Å². The topological polar surface area (TPSA) is 52.7 Å². The van der Waals surface area contributed by atoms with Gasteiger partial charge in [0.15, 0.2) is 0 Å². The van der Waals surface area contributed by atoms with E-state index in [2.05, 4.69) is 5.32 Å². The molecule has 114 valence electrons. The first-order valence-electron chi connectivity index (χ1n) is 7.44. The largest absolute Gasteiger partial charge is 0.336 e. The average molecular weight is 315 g/mol. The fourth-order valence-corrected chi connectivity index (χ4v) is 4.39. The molecule has 0 bridgehead atoms. The number of piperidine rings is 1. The van der Waals surface area contributed by atoms with E-state index in [1.54, 1.807) is 16.2 Å². The predicted molar refractivity (Wildman–Crippen MR) is 86.2 cm³/mol. The minimum atomic E-state index is -0.0368. The lowest BCUT2D eigenvalue weighted by Crippen LogP contribution is -2.52. The van der Waals surface area contributed by atoms with Gasteiger partial charge in [0, 0.05) is 35.6 Å². The van der Waals surface area contributed by atoms with Gasteiger partial charge in [-0.3, -0.25) is 4.79 Å². The Kier molecular flexibility index (Phi) is 3.07. The zero-order valence-electron chi connectivity index (χ0n) is 12.3. The minimum absolute atomic E-state index is 0.0368. The van der Waals surface area contributed by atoms with Gasteiger partial charge in [-0.15, -0.1) is 11.3 Å². The molecule has 3 amide bonds. The number of amides is 3. The van der Waals surface area contributed by atoms with Gasteiger partial charge in [-0.2, -0.15) is 0 Å². The fourth-order valence-electron chi connectivity index (χ4n) is 3.45. The Hall–Kier alpha value is -2.08. The maximum atomic E-state index is 12.8. The number of likely N-dealkylation sites (tertiary alicyclic amines) is 1. The molecular weight excluding hydrogens is 298 g/mol. The van der Waals surface area contributed by atoms with Crippen molar-refractivity contribution in [2.24, 2.45) is 0 Å². The second-order valence-electron chi connectivity index (χ2n) is 5.92. The van der Waals surface area contributed by atoms with Crippen LogP contribution in [-0.2, 0) is 0 Å². The lowest BCUT2D eigenvalue weighted by molar-refractivity contribution is 0.0668. The molecule has 6 heteroatoms.